The van der Waals surface area contributed by atoms with Crippen LogP contribution in [-0.4, -0.2) is 161 Å². The summed E-state index contributed by atoms with van der Waals surface area (Å²) in [5.41, 5.74) is 5.51. The van der Waals surface area contributed by atoms with Gasteiger partial charge in [0.1, 0.15) is 78.7 Å². The average Bonchev–Trinajstić information content (AvgIpc) is 4.24. The maximum atomic E-state index is 9.66. The molecule has 0 unspecified atom stereocenters. The number of aromatic hydroxyl groups is 1. The van der Waals surface area contributed by atoms with Gasteiger partial charge in [-0.15, -0.1) is 0 Å². The number of pyridine rings is 2. The van der Waals surface area contributed by atoms with Gasteiger partial charge in [0, 0.05) is 75.9 Å². The molecule has 75 heavy (non-hydrogen) atoms. The molecule has 2 aromatic carbocycles. The molecule has 21 heteroatoms. The molecule has 0 bridgehead atoms. The van der Waals surface area contributed by atoms with E-state index < -0.39 is 30.1 Å². The summed E-state index contributed by atoms with van der Waals surface area (Å²) >= 11 is 0. The topological polar surface area (TPSA) is 223 Å². The third kappa shape index (κ3) is 10.7. The first-order valence-corrected chi connectivity index (χ1v) is 24.7. The summed E-state index contributed by atoms with van der Waals surface area (Å²) in [6, 6.07) is 19.0. The summed E-state index contributed by atoms with van der Waals surface area (Å²) in [6.45, 7) is 11.8. The Labute approximate surface area is 433 Å². The minimum atomic E-state index is -0.737. The molecule has 392 valence electrons. The van der Waals surface area contributed by atoms with Crippen molar-refractivity contribution in [1.29, 1.82) is 0 Å². The van der Waals surface area contributed by atoms with Crippen LogP contribution in [0.25, 0.3) is 43.9 Å². The summed E-state index contributed by atoms with van der Waals surface area (Å²) in [4.78, 5) is 38.7. The first kappa shape index (κ1) is 51.3. The number of ether oxygens (including phenoxy) is 7. The van der Waals surface area contributed by atoms with Crippen molar-refractivity contribution >= 4 is 68.2 Å². The number of aliphatic imine (C=N–C) groups is 2. The Kier molecular flexibility index (Phi) is 14.2. The van der Waals surface area contributed by atoms with Crippen LogP contribution in [0.1, 0.15) is 51.3 Å². The molecule has 0 aliphatic carbocycles. The van der Waals surface area contributed by atoms with Crippen molar-refractivity contribution in [3.63, 3.8) is 0 Å². The van der Waals surface area contributed by atoms with Crippen LogP contribution < -0.4 is 4.74 Å². The highest BCUT2D eigenvalue weighted by Crippen LogP contribution is 2.46. The van der Waals surface area contributed by atoms with E-state index in [1.807, 2.05) is 149 Å². The maximum absolute atomic E-state index is 9.66. The predicted octanol–water partition coefficient (Wildman–Crippen LogP) is 7.32. The number of benzene rings is 2. The summed E-state index contributed by atoms with van der Waals surface area (Å²) in [5.74, 6) is 0.717. The number of aromatic nitrogens is 8. The quantitative estimate of drug-likeness (QED) is 0.101. The molecule has 0 radical (unpaired) electrons. The van der Waals surface area contributed by atoms with Crippen molar-refractivity contribution < 1.29 is 43.4 Å². The second-order valence-corrected chi connectivity index (χ2v) is 20.1. The number of phenols is 1. The van der Waals surface area contributed by atoms with Crippen LogP contribution in [0.15, 0.2) is 108 Å². The van der Waals surface area contributed by atoms with Crippen molar-refractivity contribution in [2.24, 2.45) is 9.98 Å². The SMILES string of the molecule is CN(C)C=Nc1ncnc2c1ccn2[C@@H]1O[C@H](CO)[C@H]2OC(C)(C)O[C@H]21.Cc1ccnc2cc(O)ccc12.Cc1ccnc2cc(OC[C@H]3O[C@@H](n4ccc5c(N=CN(C)C)ncnc54)[C@@H]4OC(C)(C)O[C@@H]43)ccc12. The Hall–Kier alpha value is -7.24. The fourth-order valence-corrected chi connectivity index (χ4v) is 9.74. The Balaban J connectivity index is 0.000000145. The van der Waals surface area contributed by atoms with Crippen molar-refractivity contribution in [2.45, 2.75) is 102 Å². The lowest BCUT2D eigenvalue weighted by molar-refractivity contribution is -0.199. The molecule has 8 atom stereocenters. The standard InChI is InChI=1S/C27H30N6O4.C17H23N5O4.C10H9NO/c1-16-8-10-28-20-12-17(6-7-18(16)20)34-13-21-22-23(37-27(2,3)36-22)26(35-21)33-11-9-19-24(31-15-32(4)5)29-14-30-25(19)33;1-17(2)25-12-11(7-23)24-16(13(12)26-17)22-6-5-10-14(20-9-21(3)4)18-8-19-15(10)22;1-7-4-5-11-10-6-8(12)2-3-9(7)10/h6-12,14-15,21-23,26H,13H2,1-5H3;5-6,8-9,11-13,16,23H,7H2,1-4H3;2-6,12H,1H3/t21-,22-,23-,26-;11-,12-,13-,16-;/m11./s1. The lowest BCUT2D eigenvalue weighted by atomic mass is 10.1. The Bertz CT molecular complexity index is 3400. The van der Waals surface area contributed by atoms with Crippen molar-refractivity contribution in [3.05, 3.63) is 109 Å². The molecule has 4 aliphatic rings. The van der Waals surface area contributed by atoms with E-state index in [2.05, 4.69) is 46.8 Å². The second-order valence-electron chi connectivity index (χ2n) is 20.1. The predicted molar refractivity (Wildman–Crippen MR) is 281 cm³/mol. The highest BCUT2D eigenvalue weighted by molar-refractivity contribution is 5.88. The van der Waals surface area contributed by atoms with Gasteiger partial charge >= 0.3 is 0 Å². The molecule has 2 N–H and O–H groups in total. The molecule has 4 aliphatic heterocycles. The Morgan fingerprint density at radius 3 is 1.60 bits per heavy atom. The van der Waals surface area contributed by atoms with Crippen LogP contribution in [0.5, 0.6) is 11.5 Å². The zero-order chi connectivity index (χ0) is 52.8. The van der Waals surface area contributed by atoms with Gasteiger partial charge in [0.05, 0.1) is 41.1 Å². The van der Waals surface area contributed by atoms with E-state index in [4.69, 9.17) is 33.2 Å². The number of aryl methyl sites for hydroxylation is 2. The second kappa shape index (κ2) is 20.8. The third-order valence-electron chi connectivity index (χ3n) is 13.1. The summed E-state index contributed by atoms with van der Waals surface area (Å²) in [7, 11) is 7.62. The summed E-state index contributed by atoms with van der Waals surface area (Å²) in [5, 5.41) is 22.7. The smallest absolute Gasteiger partial charge is 0.166 e. The molecule has 4 fully saturated rings. The van der Waals surface area contributed by atoms with E-state index in [1.165, 1.54) is 23.8 Å². The molecule has 12 rings (SSSR count). The van der Waals surface area contributed by atoms with Crippen molar-refractivity contribution in [2.75, 3.05) is 41.4 Å². The zero-order valence-electron chi connectivity index (χ0n) is 43.5. The van der Waals surface area contributed by atoms with E-state index in [-0.39, 0.29) is 42.9 Å². The first-order chi connectivity index (χ1) is 36.0. The van der Waals surface area contributed by atoms with Gasteiger partial charge in [-0.25, -0.2) is 29.9 Å². The van der Waals surface area contributed by atoms with Gasteiger partial charge in [-0.2, -0.15) is 0 Å². The third-order valence-corrected chi connectivity index (χ3v) is 13.1. The number of aliphatic hydroxyl groups is 1. The average molecular weight is 1020 g/mol. The Morgan fingerprint density at radius 1 is 0.600 bits per heavy atom. The summed E-state index contributed by atoms with van der Waals surface area (Å²) < 4.78 is 47.1. The number of hydrogen-bond acceptors (Lipinski definition) is 17. The van der Waals surface area contributed by atoms with Gasteiger partial charge < -0.3 is 62.3 Å². The molecular weight excluding hydrogens is 961 g/mol. The van der Waals surface area contributed by atoms with E-state index in [0.29, 0.717) is 23.9 Å². The molecule has 21 nitrogen and oxygen atoms in total. The number of nitrogens with zero attached hydrogens (tertiary/aromatic N) is 12. The van der Waals surface area contributed by atoms with Gasteiger partial charge in [0.2, 0.25) is 0 Å². The Morgan fingerprint density at radius 2 is 1.08 bits per heavy atom. The number of phenolic OH excluding ortho intramolecular Hbond substituents is 1. The lowest BCUT2D eigenvalue weighted by Gasteiger charge is -2.25. The molecular formula is C54H62N12O9. The van der Waals surface area contributed by atoms with Crippen LogP contribution in [-0.2, 0) is 28.4 Å². The zero-order valence-corrected chi connectivity index (χ0v) is 43.5. The van der Waals surface area contributed by atoms with E-state index in [1.54, 1.807) is 31.0 Å². The fourth-order valence-electron chi connectivity index (χ4n) is 9.74. The monoisotopic (exact) mass is 1020 g/mol. The molecule has 0 saturated carbocycles. The van der Waals surface area contributed by atoms with Crippen LogP contribution in [0, 0.1) is 13.8 Å². The van der Waals surface area contributed by atoms with E-state index in [0.717, 1.165) is 44.0 Å². The lowest BCUT2D eigenvalue weighted by Crippen LogP contribution is -2.33. The van der Waals surface area contributed by atoms with Crippen LogP contribution in [0.2, 0.25) is 0 Å². The minimum Gasteiger partial charge on any atom is -0.508 e. The fraction of sp³-hybridized carbons (Fsp3) is 0.407. The largest absolute Gasteiger partial charge is 0.508 e. The first-order valence-electron chi connectivity index (χ1n) is 24.7. The number of aliphatic hydroxyl groups excluding tert-OH is 1. The highest BCUT2D eigenvalue weighted by atomic mass is 16.8. The van der Waals surface area contributed by atoms with E-state index >= 15 is 0 Å². The number of hydrogen-bond donors (Lipinski definition) is 2. The van der Waals surface area contributed by atoms with Crippen LogP contribution in [0.3, 0.4) is 0 Å². The van der Waals surface area contributed by atoms with Crippen LogP contribution in [0.4, 0.5) is 11.6 Å². The molecule has 4 saturated heterocycles. The van der Waals surface area contributed by atoms with Gasteiger partial charge in [-0.3, -0.25) is 9.97 Å². The van der Waals surface area contributed by atoms with Gasteiger partial charge in [-0.05, 0) is 101 Å². The maximum Gasteiger partial charge on any atom is 0.166 e. The summed E-state index contributed by atoms with van der Waals surface area (Å²) in [6.07, 6.45) is 10.8. The van der Waals surface area contributed by atoms with Crippen molar-refractivity contribution in [3.8, 4) is 11.5 Å². The minimum absolute atomic E-state index is 0.135. The van der Waals surface area contributed by atoms with Crippen molar-refractivity contribution in [1.82, 2.24) is 48.8 Å². The van der Waals surface area contributed by atoms with Gasteiger partial charge in [0.15, 0.2) is 35.7 Å². The van der Waals surface area contributed by atoms with Crippen LogP contribution >= 0.6 is 0 Å². The highest BCUT2D eigenvalue weighted by Gasteiger charge is 2.57. The van der Waals surface area contributed by atoms with Gasteiger partial charge in [-0.1, -0.05) is 0 Å². The van der Waals surface area contributed by atoms with Gasteiger partial charge in [0.25, 0.3) is 0 Å². The molecule has 10 heterocycles. The number of rotatable bonds is 10. The molecule has 0 spiro atoms. The molecule has 0 amide bonds. The molecule has 6 aromatic heterocycles. The van der Waals surface area contributed by atoms with E-state index in [9.17, 15) is 10.2 Å². The molecule has 8 aromatic rings. The normalized spacial score (nSPS) is 24.4. The number of fused-ring (bicyclic) bond motifs is 6.